The van der Waals surface area contributed by atoms with Crippen LogP contribution in [0.1, 0.15) is 61.3 Å². The lowest BCUT2D eigenvalue weighted by atomic mass is 10.1. The van der Waals surface area contributed by atoms with Gasteiger partial charge in [-0.15, -0.1) is 0 Å². The highest BCUT2D eigenvalue weighted by atomic mass is 16.6. The minimum atomic E-state index is -0.519. The average Bonchev–Trinajstić information content (AvgIpc) is 3.41. The predicted molar refractivity (Wildman–Crippen MR) is 188 cm³/mol. The number of rotatable bonds is 11. The predicted octanol–water partition coefficient (Wildman–Crippen LogP) is 7.84. The van der Waals surface area contributed by atoms with Crippen LogP contribution in [0.25, 0.3) is 22.2 Å². The van der Waals surface area contributed by atoms with Crippen molar-refractivity contribution >= 4 is 40.7 Å². The molecule has 0 aliphatic carbocycles. The molecule has 3 amide bonds. The number of H-pyrrole nitrogens is 1. The van der Waals surface area contributed by atoms with Crippen molar-refractivity contribution in [2.24, 2.45) is 0 Å². The van der Waals surface area contributed by atoms with E-state index in [-0.39, 0.29) is 18.0 Å². The molecule has 2 unspecified atom stereocenters. The average molecular weight is 618 g/mol. The number of anilines is 2. The highest BCUT2D eigenvalue weighted by Crippen LogP contribution is 2.27. The lowest BCUT2D eigenvalue weighted by molar-refractivity contribution is -0.129. The number of nitrogen functional groups attached to an aromatic ring is 1. The van der Waals surface area contributed by atoms with Gasteiger partial charge < -0.3 is 31.0 Å². The molecule has 0 fully saturated rings. The Kier molecular flexibility index (Phi) is 16.6. The second kappa shape index (κ2) is 19.5. The number of aromatic nitrogens is 1. The van der Waals surface area contributed by atoms with Gasteiger partial charge in [-0.05, 0) is 96.3 Å². The summed E-state index contributed by atoms with van der Waals surface area (Å²) >= 11 is 0. The first-order valence-electron chi connectivity index (χ1n) is 15.1. The lowest BCUT2D eigenvalue weighted by Crippen LogP contribution is -2.41. The molecule has 3 rings (SSSR count). The van der Waals surface area contributed by atoms with Crippen molar-refractivity contribution in [1.82, 2.24) is 15.2 Å². The molecule has 3 aromatic rings. The fourth-order valence-electron chi connectivity index (χ4n) is 3.93. The van der Waals surface area contributed by atoms with Crippen LogP contribution in [0.5, 0.6) is 0 Å². The normalized spacial score (nSPS) is 12.0. The fourth-order valence-corrected chi connectivity index (χ4v) is 3.93. The summed E-state index contributed by atoms with van der Waals surface area (Å²) in [5.74, 6) is -0.204. The van der Waals surface area contributed by atoms with Gasteiger partial charge in [0.05, 0.1) is 0 Å². The number of hydrogen-bond donors (Lipinski definition) is 4. The number of alkyl carbamates (subject to hydrolysis) is 1. The quantitative estimate of drug-likeness (QED) is 0.0754. The number of nitrogens with zero attached hydrogens (tertiary/aromatic N) is 1. The van der Waals surface area contributed by atoms with Crippen molar-refractivity contribution < 1.29 is 19.1 Å². The number of allylic oxidation sites excluding steroid dienone is 3. The molecule has 0 saturated carbocycles. The van der Waals surface area contributed by atoms with Gasteiger partial charge in [0, 0.05) is 40.6 Å². The molecule has 2 atom stereocenters. The van der Waals surface area contributed by atoms with Crippen molar-refractivity contribution in [2.75, 3.05) is 17.6 Å². The first-order chi connectivity index (χ1) is 21.3. The number of benzene rings is 2. The summed E-state index contributed by atoms with van der Waals surface area (Å²) in [4.78, 5) is 39.8. The van der Waals surface area contributed by atoms with E-state index in [9.17, 15) is 14.4 Å². The molecular weight excluding hydrogens is 566 g/mol. The number of ether oxygens (including phenoxy) is 1. The summed E-state index contributed by atoms with van der Waals surface area (Å²) in [5.41, 5.74) is 9.75. The van der Waals surface area contributed by atoms with Crippen LogP contribution in [0.2, 0.25) is 0 Å². The highest BCUT2D eigenvalue weighted by Gasteiger charge is 2.20. The Bertz CT molecular complexity index is 1400. The number of fused-ring (bicyclic) bond motifs is 1. The Labute approximate surface area is 268 Å². The Morgan fingerprint density at radius 3 is 2.24 bits per heavy atom. The SMILES string of the molecule is C/C=C\CC(C)NC(=O)OC(C)(C)C.C=CC=C.CCCN(C=O)C(C)C(=O)Nc1ccc2[nH]c(-c3ccc(N)cc3)cc2c1. The first-order valence-corrected chi connectivity index (χ1v) is 15.1. The number of carbonyl (C=O) groups is 3. The Morgan fingerprint density at radius 2 is 1.71 bits per heavy atom. The Hall–Kier alpha value is -4.79. The zero-order chi connectivity index (χ0) is 34.0. The van der Waals surface area contributed by atoms with Crippen LogP contribution in [-0.4, -0.2) is 52.5 Å². The summed E-state index contributed by atoms with van der Waals surface area (Å²) in [5, 5.41) is 6.65. The molecule has 0 aliphatic heterocycles. The third kappa shape index (κ3) is 14.5. The van der Waals surface area contributed by atoms with E-state index in [1.54, 1.807) is 19.1 Å². The second-order valence-corrected chi connectivity index (χ2v) is 11.4. The van der Waals surface area contributed by atoms with Crippen LogP contribution in [0.3, 0.4) is 0 Å². The van der Waals surface area contributed by atoms with Gasteiger partial charge in [0.25, 0.3) is 0 Å². The molecule has 2 aromatic carbocycles. The lowest BCUT2D eigenvalue weighted by Gasteiger charge is -2.23. The van der Waals surface area contributed by atoms with Gasteiger partial charge in [-0.3, -0.25) is 9.59 Å². The maximum atomic E-state index is 12.5. The minimum absolute atomic E-state index is 0.112. The molecule has 1 heterocycles. The van der Waals surface area contributed by atoms with E-state index < -0.39 is 11.6 Å². The monoisotopic (exact) mass is 617 g/mol. The molecule has 0 spiro atoms. The number of amides is 3. The zero-order valence-corrected chi connectivity index (χ0v) is 27.9. The summed E-state index contributed by atoms with van der Waals surface area (Å²) in [6, 6.07) is 15.0. The van der Waals surface area contributed by atoms with Crippen molar-refractivity contribution in [3.05, 3.63) is 86.0 Å². The Balaban J connectivity index is 0.000000473. The Morgan fingerprint density at radius 1 is 1.07 bits per heavy atom. The molecule has 0 bridgehead atoms. The molecule has 45 heavy (non-hydrogen) atoms. The van der Waals surface area contributed by atoms with E-state index in [0.29, 0.717) is 12.2 Å². The van der Waals surface area contributed by atoms with Gasteiger partial charge in [-0.1, -0.05) is 56.5 Å². The minimum Gasteiger partial charge on any atom is -0.444 e. The molecular formula is C36H51N5O4. The topological polar surface area (TPSA) is 130 Å². The highest BCUT2D eigenvalue weighted by molar-refractivity contribution is 5.98. The second-order valence-electron chi connectivity index (χ2n) is 11.4. The molecule has 0 aliphatic rings. The van der Waals surface area contributed by atoms with Gasteiger partial charge in [-0.2, -0.15) is 0 Å². The van der Waals surface area contributed by atoms with E-state index >= 15 is 0 Å². The van der Waals surface area contributed by atoms with Gasteiger partial charge in [0.1, 0.15) is 11.6 Å². The first kappa shape index (κ1) is 38.2. The standard InChI is InChI=1S/C21H24N4O2.C11H21NO2.C4H6/c1-3-10-25(13-26)14(2)21(27)23-18-8-9-19-16(11-18)12-20(24-19)15-4-6-17(22)7-5-15;1-6-7-8-9(2)12-10(13)14-11(3,4)5;1-3-4-2/h4-9,11-14,24H,3,10,22H2,1-2H3,(H,23,27);6-7,9H,8H2,1-5H3,(H,12,13);3-4H,1-2H2/b;7-6-;. The van der Waals surface area contributed by atoms with Crippen LogP contribution in [0, 0.1) is 0 Å². The fraction of sp³-hybridized carbons (Fsp3) is 0.361. The maximum absolute atomic E-state index is 12.5. The van der Waals surface area contributed by atoms with Gasteiger partial charge in [0.2, 0.25) is 12.3 Å². The third-order valence-corrected chi connectivity index (χ3v) is 6.26. The molecule has 0 saturated heterocycles. The van der Waals surface area contributed by atoms with Crippen molar-refractivity contribution in [2.45, 2.75) is 79.0 Å². The molecule has 244 valence electrons. The largest absolute Gasteiger partial charge is 0.444 e. The molecule has 5 N–H and O–H groups in total. The summed E-state index contributed by atoms with van der Waals surface area (Å²) in [6.45, 7) is 20.4. The summed E-state index contributed by atoms with van der Waals surface area (Å²) in [6.07, 6.45) is 9.27. The van der Waals surface area contributed by atoms with E-state index in [1.807, 2.05) is 102 Å². The van der Waals surface area contributed by atoms with E-state index in [4.69, 9.17) is 10.5 Å². The number of aromatic amines is 1. The van der Waals surface area contributed by atoms with Crippen LogP contribution >= 0.6 is 0 Å². The van der Waals surface area contributed by atoms with Crippen LogP contribution in [-0.2, 0) is 14.3 Å². The van der Waals surface area contributed by atoms with Crippen molar-refractivity contribution in [3.63, 3.8) is 0 Å². The van der Waals surface area contributed by atoms with Gasteiger partial charge >= 0.3 is 6.09 Å². The van der Waals surface area contributed by atoms with E-state index in [1.165, 1.54) is 4.90 Å². The molecule has 1 aromatic heterocycles. The number of carbonyl (C=O) groups excluding carboxylic acids is 3. The summed E-state index contributed by atoms with van der Waals surface area (Å²) in [7, 11) is 0. The van der Waals surface area contributed by atoms with Gasteiger partial charge in [-0.25, -0.2) is 4.79 Å². The summed E-state index contributed by atoms with van der Waals surface area (Å²) < 4.78 is 5.11. The zero-order valence-electron chi connectivity index (χ0n) is 27.9. The molecule has 9 heteroatoms. The van der Waals surface area contributed by atoms with Crippen LogP contribution < -0.4 is 16.4 Å². The molecule has 0 radical (unpaired) electrons. The van der Waals surface area contributed by atoms with Crippen molar-refractivity contribution in [3.8, 4) is 11.3 Å². The smallest absolute Gasteiger partial charge is 0.407 e. The van der Waals surface area contributed by atoms with Gasteiger partial charge in [0.15, 0.2) is 0 Å². The molecule has 9 nitrogen and oxygen atoms in total. The third-order valence-electron chi connectivity index (χ3n) is 6.26. The van der Waals surface area contributed by atoms with Crippen LogP contribution in [0.4, 0.5) is 16.2 Å². The number of hydrogen-bond acceptors (Lipinski definition) is 5. The van der Waals surface area contributed by atoms with E-state index in [2.05, 4.69) is 28.8 Å². The van der Waals surface area contributed by atoms with Crippen molar-refractivity contribution in [1.29, 1.82) is 0 Å². The number of nitrogens with two attached hydrogens (primary N) is 1. The number of nitrogens with one attached hydrogen (secondary N) is 3. The maximum Gasteiger partial charge on any atom is 0.407 e. The van der Waals surface area contributed by atoms with E-state index in [0.717, 1.165) is 47.1 Å². The van der Waals surface area contributed by atoms with Crippen LogP contribution in [0.15, 0.2) is 86.0 Å².